The zero-order chi connectivity index (χ0) is 19.3. The molecular weight excluding hydrogens is 373 g/mol. The Morgan fingerprint density at radius 3 is 2.25 bits per heavy atom. The molecule has 0 saturated carbocycles. The number of carbonyl (C=O) groups is 1. The molecule has 1 saturated heterocycles. The van der Waals surface area contributed by atoms with E-state index >= 15 is 0 Å². The van der Waals surface area contributed by atoms with Gasteiger partial charge in [0, 0.05) is 48.5 Å². The van der Waals surface area contributed by atoms with Gasteiger partial charge >= 0.3 is 0 Å². The van der Waals surface area contributed by atoms with Crippen LogP contribution >= 0.6 is 11.8 Å². The molecule has 0 unspecified atom stereocenters. The molecule has 0 aliphatic carbocycles. The van der Waals surface area contributed by atoms with Crippen LogP contribution in [0.5, 0.6) is 0 Å². The summed E-state index contributed by atoms with van der Waals surface area (Å²) in [5, 5.41) is 0.929. The summed E-state index contributed by atoms with van der Waals surface area (Å²) in [6.07, 6.45) is 1.77. The van der Waals surface area contributed by atoms with Crippen molar-refractivity contribution in [2.45, 2.75) is 9.92 Å². The number of pyridine rings is 1. The zero-order valence-corrected chi connectivity index (χ0v) is 16.1. The van der Waals surface area contributed by atoms with Crippen molar-refractivity contribution < 1.29 is 9.18 Å². The summed E-state index contributed by atoms with van der Waals surface area (Å²) >= 11 is 1.57. The van der Waals surface area contributed by atoms with E-state index in [-0.39, 0.29) is 11.7 Å². The van der Waals surface area contributed by atoms with Crippen LogP contribution in [0.2, 0.25) is 0 Å². The van der Waals surface area contributed by atoms with Gasteiger partial charge in [-0.05, 0) is 60.7 Å². The maximum absolute atomic E-state index is 13.1. The van der Waals surface area contributed by atoms with Gasteiger partial charge in [-0.3, -0.25) is 4.79 Å². The third-order valence-corrected chi connectivity index (χ3v) is 5.68. The van der Waals surface area contributed by atoms with Gasteiger partial charge < -0.3 is 9.80 Å². The third kappa shape index (κ3) is 4.34. The standard InChI is InChI=1S/C22H20FN3OS/c23-18-6-8-19(9-7-18)25-13-15-26(16-14-25)22(27)17-4-10-20(11-5-17)28-21-3-1-2-12-24-21/h1-12H,13-16H2. The van der Waals surface area contributed by atoms with Crippen LogP contribution in [0.3, 0.4) is 0 Å². The number of benzene rings is 2. The highest BCUT2D eigenvalue weighted by molar-refractivity contribution is 7.99. The minimum absolute atomic E-state index is 0.0492. The molecule has 6 heteroatoms. The van der Waals surface area contributed by atoms with Gasteiger partial charge in [-0.1, -0.05) is 17.8 Å². The molecule has 1 aliphatic heterocycles. The van der Waals surface area contributed by atoms with E-state index < -0.39 is 0 Å². The first-order chi connectivity index (χ1) is 13.7. The van der Waals surface area contributed by atoms with Crippen molar-refractivity contribution in [2.75, 3.05) is 31.1 Å². The first-order valence-electron chi connectivity index (χ1n) is 9.18. The smallest absolute Gasteiger partial charge is 0.253 e. The Morgan fingerprint density at radius 2 is 1.61 bits per heavy atom. The Kier molecular flexibility index (Phi) is 5.58. The van der Waals surface area contributed by atoms with Crippen LogP contribution in [-0.2, 0) is 0 Å². The number of halogens is 1. The van der Waals surface area contributed by atoms with E-state index in [1.165, 1.54) is 12.1 Å². The number of piperazine rings is 1. The minimum Gasteiger partial charge on any atom is -0.368 e. The molecule has 1 fully saturated rings. The summed E-state index contributed by atoms with van der Waals surface area (Å²) in [5.74, 6) is -0.185. The van der Waals surface area contributed by atoms with Crippen molar-refractivity contribution in [2.24, 2.45) is 0 Å². The van der Waals surface area contributed by atoms with Crippen molar-refractivity contribution in [3.05, 3.63) is 84.3 Å². The van der Waals surface area contributed by atoms with Gasteiger partial charge in [0.2, 0.25) is 0 Å². The van der Waals surface area contributed by atoms with Crippen molar-refractivity contribution in [1.29, 1.82) is 0 Å². The number of carbonyl (C=O) groups excluding carboxylic acids is 1. The number of hydrogen-bond donors (Lipinski definition) is 0. The SMILES string of the molecule is O=C(c1ccc(Sc2ccccn2)cc1)N1CCN(c2ccc(F)cc2)CC1. The van der Waals surface area contributed by atoms with Crippen LogP contribution in [0.15, 0.2) is 82.8 Å². The van der Waals surface area contributed by atoms with Crippen LogP contribution in [0.1, 0.15) is 10.4 Å². The quantitative estimate of drug-likeness (QED) is 0.661. The van der Waals surface area contributed by atoms with E-state index in [1.807, 2.05) is 47.4 Å². The molecule has 142 valence electrons. The molecule has 2 aromatic carbocycles. The lowest BCUT2D eigenvalue weighted by atomic mass is 10.1. The molecule has 28 heavy (non-hydrogen) atoms. The highest BCUT2D eigenvalue weighted by atomic mass is 32.2. The summed E-state index contributed by atoms with van der Waals surface area (Å²) in [5.41, 5.74) is 1.69. The van der Waals surface area contributed by atoms with Gasteiger partial charge in [-0.15, -0.1) is 0 Å². The molecule has 2 heterocycles. The number of rotatable bonds is 4. The van der Waals surface area contributed by atoms with Crippen molar-refractivity contribution in [3.8, 4) is 0 Å². The fourth-order valence-corrected chi connectivity index (χ4v) is 3.97. The van der Waals surface area contributed by atoms with E-state index in [0.29, 0.717) is 18.7 Å². The third-order valence-electron chi connectivity index (χ3n) is 4.72. The normalized spacial score (nSPS) is 14.2. The predicted octanol–water partition coefficient (Wildman–Crippen LogP) is 4.33. The summed E-state index contributed by atoms with van der Waals surface area (Å²) in [7, 11) is 0. The zero-order valence-electron chi connectivity index (χ0n) is 15.3. The Morgan fingerprint density at radius 1 is 0.893 bits per heavy atom. The Hall–Kier alpha value is -2.86. The molecular formula is C22H20FN3OS. The first kappa shape index (κ1) is 18.5. The maximum atomic E-state index is 13.1. The molecule has 1 aliphatic rings. The summed E-state index contributed by atoms with van der Waals surface area (Å²) in [6.45, 7) is 2.79. The van der Waals surface area contributed by atoms with E-state index in [0.717, 1.165) is 28.7 Å². The van der Waals surface area contributed by atoms with Gasteiger partial charge in [-0.25, -0.2) is 9.37 Å². The van der Waals surface area contributed by atoms with Crippen LogP contribution in [0.25, 0.3) is 0 Å². The number of nitrogens with zero attached hydrogens (tertiary/aromatic N) is 3. The lowest BCUT2D eigenvalue weighted by Crippen LogP contribution is -2.48. The summed E-state index contributed by atoms with van der Waals surface area (Å²) in [6, 6.07) is 20.0. The highest BCUT2D eigenvalue weighted by Crippen LogP contribution is 2.26. The van der Waals surface area contributed by atoms with Gasteiger partial charge in [0.05, 0.1) is 0 Å². The van der Waals surface area contributed by atoms with Crippen LogP contribution in [-0.4, -0.2) is 42.0 Å². The molecule has 1 aromatic heterocycles. The molecule has 4 nitrogen and oxygen atoms in total. The molecule has 3 aromatic rings. The van der Waals surface area contributed by atoms with E-state index in [1.54, 1.807) is 30.1 Å². The lowest BCUT2D eigenvalue weighted by molar-refractivity contribution is 0.0746. The molecule has 0 atom stereocenters. The monoisotopic (exact) mass is 393 g/mol. The molecule has 0 spiro atoms. The average Bonchev–Trinajstić information content (AvgIpc) is 2.75. The number of hydrogen-bond acceptors (Lipinski definition) is 4. The lowest BCUT2D eigenvalue weighted by Gasteiger charge is -2.36. The molecule has 1 amide bonds. The number of anilines is 1. The number of amides is 1. The second kappa shape index (κ2) is 8.44. The topological polar surface area (TPSA) is 36.4 Å². The molecule has 0 bridgehead atoms. The Balaban J connectivity index is 1.35. The maximum Gasteiger partial charge on any atom is 0.253 e. The highest BCUT2D eigenvalue weighted by Gasteiger charge is 2.22. The molecule has 4 rings (SSSR count). The van der Waals surface area contributed by atoms with E-state index in [4.69, 9.17) is 0 Å². The Bertz CT molecular complexity index is 924. The van der Waals surface area contributed by atoms with E-state index in [9.17, 15) is 9.18 Å². The van der Waals surface area contributed by atoms with E-state index in [2.05, 4.69) is 9.88 Å². The summed E-state index contributed by atoms with van der Waals surface area (Å²) in [4.78, 5) is 22.2. The predicted molar refractivity (Wildman–Crippen MR) is 109 cm³/mol. The van der Waals surface area contributed by atoms with Crippen molar-refractivity contribution >= 4 is 23.4 Å². The van der Waals surface area contributed by atoms with Crippen LogP contribution in [0.4, 0.5) is 10.1 Å². The fourth-order valence-electron chi connectivity index (χ4n) is 3.20. The average molecular weight is 393 g/mol. The van der Waals surface area contributed by atoms with Crippen LogP contribution in [0, 0.1) is 5.82 Å². The van der Waals surface area contributed by atoms with Gasteiger partial charge in [-0.2, -0.15) is 0 Å². The van der Waals surface area contributed by atoms with Crippen molar-refractivity contribution in [3.63, 3.8) is 0 Å². The second-order valence-corrected chi connectivity index (χ2v) is 7.64. The summed E-state index contributed by atoms with van der Waals surface area (Å²) < 4.78 is 13.1. The number of aromatic nitrogens is 1. The molecule has 0 N–H and O–H groups in total. The largest absolute Gasteiger partial charge is 0.368 e. The van der Waals surface area contributed by atoms with Crippen molar-refractivity contribution in [1.82, 2.24) is 9.88 Å². The molecule has 0 radical (unpaired) electrons. The van der Waals surface area contributed by atoms with Gasteiger partial charge in [0.15, 0.2) is 0 Å². The van der Waals surface area contributed by atoms with Crippen LogP contribution < -0.4 is 4.90 Å². The van der Waals surface area contributed by atoms with Gasteiger partial charge in [0.25, 0.3) is 5.91 Å². The minimum atomic E-state index is -0.234. The first-order valence-corrected chi connectivity index (χ1v) is 9.99. The second-order valence-electron chi connectivity index (χ2n) is 6.55. The fraction of sp³-hybridized carbons (Fsp3) is 0.182. The Labute approximate surface area is 168 Å². The van der Waals surface area contributed by atoms with Gasteiger partial charge in [0.1, 0.15) is 10.8 Å².